The summed E-state index contributed by atoms with van der Waals surface area (Å²) in [6.45, 7) is 0.446. The lowest BCUT2D eigenvalue weighted by Gasteiger charge is -2.05. The summed E-state index contributed by atoms with van der Waals surface area (Å²) in [4.78, 5) is 11.6. The van der Waals surface area contributed by atoms with Crippen molar-refractivity contribution in [3.63, 3.8) is 0 Å². The van der Waals surface area contributed by atoms with Gasteiger partial charge in [0.25, 0.3) is 0 Å². The van der Waals surface area contributed by atoms with Crippen molar-refractivity contribution >= 4 is 5.97 Å². The van der Waals surface area contributed by atoms with Gasteiger partial charge in [-0.3, -0.25) is 4.68 Å². The van der Waals surface area contributed by atoms with Gasteiger partial charge in [-0.1, -0.05) is 24.3 Å². The molecule has 6 heteroatoms. The molecule has 0 saturated carbocycles. The molecule has 1 N–H and O–H groups in total. The Morgan fingerprint density at radius 1 is 1.08 bits per heavy atom. The Morgan fingerprint density at radius 3 is 2.44 bits per heavy atom. The predicted octanol–water partition coefficient (Wildman–Crippen LogP) is 3.31. The monoisotopic (exact) mass is 338 g/mol. The molecule has 0 spiro atoms. The summed E-state index contributed by atoms with van der Waals surface area (Å²) in [5.74, 6) is 0.377. The number of hydrogen-bond acceptors (Lipinski definition) is 4. The zero-order chi connectivity index (χ0) is 17.8. The van der Waals surface area contributed by atoms with Gasteiger partial charge in [-0.05, 0) is 29.8 Å². The van der Waals surface area contributed by atoms with Crippen LogP contribution in [0.1, 0.15) is 15.9 Å². The molecule has 6 nitrogen and oxygen atoms in total. The number of carbonyl (C=O) groups is 1. The molecule has 0 radical (unpaired) electrons. The first-order chi connectivity index (χ1) is 12.1. The quantitative estimate of drug-likeness (QED) is 0.746. The lowest BCUT2D eigenvalue weighted by molar-refractivity contribution is 0.0697. The van der Waals surface area contributed by atoms with E-state index in [4.69, 9.17) is 9.47 Å². The van der Waals surface area contributed by atoms with Crippen LogP contribution >= 0.6 is 0 Å². The van der Waals surface area contributed by atoms with Gasteiger partial charge in [0.2, 0.25) is 0 Å². The van der Waals surface area contributed by atoms with Gasteiger partial charge in [0.05, 0.1) is 20.8 Å². The molecule has 0 unspecified atom stereocenters. The maximum Gasteiger partial charge on any atom is 0.339 e. The zero-order valence-electron chi connectivity index (χ0n) is 14.0. The molecular formula is C19H18N2O4. The summed E-state index contributed by atoms with van der Waals surface area (Å²) in [5.41, 5.74) is 2.22. The molecule has 0 saturated heterocycles. The zero-order valence-corrected chi connectivity index (χ0v) is 14.0. The minimum Gasteiger partial charge on any atom is -0.497 e. The van der Waals surface area contributed by atoms with Crippen LogP contribution in [-0.4, -0.2) is 35.1 Å². The van der Waals surface area contributed by atoms with Gasteiger partial charge in [-0.2, -0.15) is 5.10 Å². The van der Waals surface area contributed by atoms with Crippen LogP contribution in [0.3, 0.4) is 0 Å². The highest BCUT2D eigenvalue weighted by atomic mass is 16.5. The van der Waals surface area contributed by atoms with Gasteiger partial charge in [0, 0.05) is 11.8 Å². The second-order valence-corrected chi connectivity index (χ2v) is 5.48. The summed E-state index contributed by atoms with van der Waals surface area (Å²) in [6, 6.07) is 14.8. The van der Waals surface area contributed by atoms with Gasteiger partial charge >= 0.3 is 5.97 Å². The summed E-state index contributed by atoms with van der Waals surface area (Å²) in [6.07, 6.45) is 1.54. The van der Waals surface area contributed by atoms with Gasteiger partial charge < -0.3 is 14.6 Å². The molecule has 0 aliphatic rings. The molecule has 0 amide bonds. The highest BCUT2D eigenvalue weighted by molar-refractivity contribution is 5.94. The van der Waals surface area contributed by atoms with Crippen molar-refractivity contribution < 1.29 is 19.4 Å². The maximum atomic E-state index is 11.6. The molecule has 0 aliphatic heterocycles. The molecule has 3 aromatic rings. The minimum atomic E-state index is -1.02. The van der Waals surface area contributed by atoms with Crippen LogP contribution in [0.25, 0.3) is 11.3 Å². The molecule has 1 heterocycles. The van der Waals surface area contributed by atoms with E-state index in [-0.39, 0.29) is 5.56 Å². The lowest BCUT2D eigenvalue weighted by atomic mass is 10.1. The maximum absolute atomic E-state index is 11.6. The van der Waals surface area contributed by atoms with Crippen molar-refractivity contribution in [1.29, 1.82) is 0 Å². The number of carboxylic acid groups (broad SMARTS) is 1. The molecule has 3 rings (SSSR count). The molecule has 0 atom stereocenters. The SMILES string of the molecule is COc1cccc(Cn2cc(C(=O)O)c(-c3cccc(OC)c3)n2)c1. The van der Waals surface area contributed by atoms with E-state index < -0.39 is 5.97 Å². The van der Waals surface area contributed by atoms with Crippen LogP contribution < -0.4 is 9.47 Å². The number of carboxylic acids is 1. The molecular weight excluding hydrogens is 320 g/mol. The highest BCUT2D eigenvalue weighted by Gasteiger charge is 2.17. The Bertz CT molecular complexity index is 902. The topological polar surface area (TPSA) is 73.6 Å². The number of aromatic nitrogens is 2. The Balaban J connectivity index is 1.98. The smallest absolute Gasteiger partial charge is 0.339 e. The largest absolute Gasteiger partial charge is 0.497 e. The predicted molar refractivity (Wildman–Crippen MR) is 93.3 cm³/mol. The van der Waals surface area contributed by atoms with Crippen molar-refractivity contribution in [3.05, 3.63) is 65.9 Å². The summed E-state index contributed by atoms with van der Waals surface area (Å²) in [5, 5.41) is 14.0. The molecule has 0 bridgehead atoms. The Kier molecular flexibility index (Phi) is 4.70. The molecule has 0 aliphatic carbocycles. The van der Waals surface area contributed by atoms with Gasteiger partial charge in [-0.25, -0.2) is 4.79 Å². The first kappa shape index (κ1) is 16.6. The van der Waals surface area contributed by atoms with Crippen LogP contribution in [0.4, 0.5) is 0 Å². The van der Waals surface area contributed by atoms with Crippen molar-refractivity contribution in [2.75, 3.05) is 14.2 Å². The van der Waals surface area contributed by atoms with Crippen molar-refractivity contribution in [3.8, 4) is 22.8 Å². The van der Waals surface area contributed by atoms with Gasteiger partial charge in [0.1, 0.15) is 22.8 Å². The molecule has 0 fully saturated rings. The van der Waals surface area contributed by atoms with Crippen LogP contribution in [0, 0.1) is 0 Å². The number of aromatic carboxylic acids is 1. The highest BCUT2D eigenvalue weighted by Crippen LogP contribution is 2.26. The van der Waals surface area contributed by atoms with Crippen molar-refractivity contribution in [2.45, 2.75) is 6.54 Å². The van der Waals surface area contributed by atoms with E-state index in [2.05, 4.69) is 5.10 Å². The van der Waals surface area contributed by atoms with Crippen LogP contribution in [0.15, 0.2) is 54.7 Å². The minimum absolute atomic E-state index is 0.149. The van der Waals surface area contributed by atoms with E-state index in [0.29, 0.717) is 23.6 Å². The summed E-state index contributed by atoms with van der Waals surface area (Å²) in [7, 11) is 3.18. The van der Waals surface area contributed by atoms with Crippen LogP contribution in [0.5, 0.6) is 11.5 Å². The van der Waals surface area contributed by atoms with Crippen molar-refractivity contribution in [1.82, 2.24) is 9.78 Å². The van der Waals surface area contributed by atoms with E-state index >= 15 is 0 Å². The lowest BCUT2D eigenvalue weighted by Crippen LogP contribution is -2.00. The Hall–Kier alpha value is -3.28. The van der Waals surface area contributed by atoms with Crippen molar-refractivity contribution in [2.24, 2.45) is 0 Å². The first-order valence-electron chi connectivity index (χ1n) is 7.69. The van der Waals surface area contributed by atoms with E-state index in [9.17, 15) is 9.90 Å². The van der Waals surface area contributed by atoms with E-state index in [1.54, 1.807) is 37.1 Å². The average Bonchev–Trinajstić information content (AvgIpc) is 3.06. The molecule has 25 heavy (non-hydrogen) atoms. The average molecular weight is 338 g/mol. The van der Waals surface area contributed by atoms with Gasteiger partial charge in [-0.15, -0.1) is 0 Å². The molecule has 2 aromatic carbocycles. The standard InChI is InChI=1S/C19H18N2O4/c1-24-15-7-3-5-13(9-15)11-21-12-17(19(22)23)18(20-21)14-6-4-8-16(10-14)25-2/h3-10,12H,11H2,1-2H3,(H,22,23). The third-order valence-corrected chi connectivity index (χ3v) is 3.81. The number of hydrogen-bond donors (Lipinski definition) is 1. The Morgan fingerprint density at radius 2 is 1.76 bits per heavy atom. The number of rotatable bonds is 6. The second kappa shape index (κ2) is 7.09. The first-order valence-corrected chi connectivity index (χ1v) is 7.69. The number of ether oxygens (including phenoxy) is 2. The molecule has 128 valence electrons. The fraction of sp³-hybridized carbons (Fsp3) is 0.158. The number of nitrogens with zero attached hydrogens (tertiary/aromatic N) is 2. The number of benzene rings is 2. The number of methoxy groups -OCH3 is 2. The third-order valence-electron chi connectivity index (χ3n) is 3.81. The van der Waals surface area contributed by atoms with E-state index in [0.717, 1.165) is 11.3 Å². The fourth-order valence-electron chi connectivity index (χ4n) is 2.60. The normalized spacial score (nSPS) is 10.5. The van der Waals surface area contributed by atoms with Crippen LogP contribution in [-0.2, 0) is 6.54 Å². The summed E-state index contributed by atoms with van der Waals surface area (Å²) >= 11 is 0. The fourth-order valence-corrected chi connectivity index (χ4v) is 2.60. The van der Waals surface area contributed by atoms with E-state index in [1.807, 2.05) is 30.3 Å². The second-order valence-electron chi connectivity index (χ2n) is 5.48. The molecule has 1 aromatic heterocycles. The van der Waals surface area contributed by atoms with Gasteiger partial charge in [0.15, 0.2) is 0 Å². The van der Waals surface area contributed by atoms with E-state index in [1.165, 1.54) is 6.20 Å². The third kappa shape index (κ3) is 3.63. The Labute approximate surface area is 145 Å². The summed E-state index contributed by atoms with van der Waals surface area (Å²) < 4.78 is 12.0. The van der Waals surface area contributed by atoms with Crippen LogP contribution in [0.2, 0.25) is 0 Å².